The highest BCUT2D eigenvalue weighted by Gasteiger charge is 2.09. The van der Waals surface area contributed by atoms with Crippen molar-refractivity contribution in [3.8, 4) is 0 Å². The highest BCUT2D eigenvalue weighted by molar-refractivity contribution is 6.35. The molecule has 4 heteroatoms. The maximum absolute atomic E-state index is 6.20. The summed E-state index contributed by atoms with van der Waals surface area (Å²) >= 11 is 6.20. The molecule has 1 heterocycles. The van der Waals surface area contributed by atoms with Crippen molar-refractivity contribution < 1.29 is 0 Å². The number of fused-ring (bicyclic) bond motifs is 1. The number of nitrogens with zero attached hydrogens (tertiary/aromatic N) is 2. The molecule has 0 amide bonds. The van der Waals surface area contributed by atoms with Gasteiger partial charge in [0.2, 0.25) is 0 Å². The summed E-state index contributed by atoms with van der Waals surface area (Å²) in [6.45, 7) is 0.794. The van der Waals surface area contributed by atoms with E-state index in [0.717, 1.165) is 47.7 Å². The minimum absolute atomic E-state index is 0.775. The predicted octanol–water partition coefficient (Wildman–Crippen LogP) is 3.29. The van der Waals surface area contributed by atoms with E-state index in [1.165, 1.54) is 12.8 Å². The Morgan fingerprint density at radius 1 is 1.22 bits per heavy atom. The first-order valence-electron chi connectivity index (χ1n) is 6.54. The molecule has 3 nitrogen and oxygen atoms in total. The second kappa shape index (κ2) is 6.21. The van der Waals surface area contributed by atoms with Gasteiger partial charge < -0.3 is 10.3 Å². The van der Waals surface area contributed by atoms with Crippen molar-refractivity contribution in [1.29, 1.82) is 0 Å². The number of aryl methyl sites for hydroxylation is 2. The molecule has 0 aliphatic heterocycles. The number of unbranched alkanes of at least 4 members (excludes halogenated alkanes) is 3. The fourth-order valence-corrected chi connectivity index (χ4v) is 2.57. The van der Waals surface area contributed by atoms with Gasteiger partial charge >= 0.3 is 0 Å². The van der Waals surface area contributed by atoms with E-state index in [4.69, 9.17) is 17.3 Å². The van der Waals surface area contributed by atoms with Gasteiger partial charge in [0.05, 0.1) is 16.1 Å². The number of hydrogen-bond acceptors (Lipinski definition) is 2. The summed E-state index contributed by atoms with van der Waals surface area (Å²) in [4.78, 5) is 4.64. The first-order chi connectivity index (χ1) is 8.74. The Hall–Kier alpha value is -1.06. The second-order valence-corrected chi connectivity index (χ2v) is 5.05. The van der Waals surface area contributed by atoms with Gasteiger partial charge in [-0.25, -0.2) is 4.98 Å². The van der Waals surface area contributed by atoms with E-state index in [1.807, 2.05) is 25.2 Å². The van der Waals surface area contributed by atoms with Gasteiger partial charge in [-0.3, -0.25) is 0 Å². The molecule has 98 valence electrons. The van der Waals surface area contributed by atoms with Crippen molar-refractivity contribution >= 4 is 22.6 Å². The highest BCUT2D eigenvalue weighted by Crippen LogP contribution is 2.24. The summed E-state index contributed by atoms with van der Waals surface area (Å²) in [7, 11) is 2.04. The first-order valence-corrected chi connectivity index (χ1v) is 6.91. The minimum Gasteiger partial charge on any atom is -0.330 e. The molecule has 0 radical (unpaired) electrons. The van der Waals surface area contributed by atoms with Gasteiger partial charge in [0.25, 0.3) is 0 Å². The molecular weight excluding hydrogens is 246 g/mol. The molecule has 1 aromatic heterocycles. The number of nitrogens with two attached hydrogens (primary N) is 1. The molecule has 0 aliphatic carbocycles. The van der Waals surface area contributed by atoms with E-state index in [9.17, 15) is 0 Å². The lowest BCUT2D eigenvalue weighted by molar-refractivity contribution is 0.627. The molecule has 0 aliphatic rings. The molecule has 0 bridgehead atoms. The van der Waals surface area contributed by atoms with Crippen LogP contribution in [0.3, 0.4) is 0 Å². The topological polar surface area (TPSA) is 43.8 Å². The third kappa shape index (κ3) is 2.85. The van der Waals surface area contributed by atoms with Gasteiger partial charge in [0.1, 0.15) is 5.82 Å². The smallest absolute Gasteiger partial charge is 0.109 e. The van der Waals surface area contributed by atoms with Crippen LogP contribution in [0.1, 0.15) is 31.5 Å². The summed E-state index contributed by atoms with van der Waals surface area (Å²) in [6, 6.07) is 5.87. The van der Waals surface area contributed by atoms with Crippen LogP contribution < -0.4 is 5.73 Å². The Morgan fingerprint density at radius 2 is 2.00 bits per heavy atom. The van der Waals surface area contributed by atoms with Crippen LogP contribution in [0.4, 0.5) is 0 Å². The molecule has 2 aromatic rings. The van der Waals surface area contributed by atoms with Crippen LogP contribution in [0, 0.1) is 0 Å². The number of aromatic nitrogens is 2. The third-order valence-electron chi connectivity index (χ3n) is 3.29. The standard InChI is InChI=1S/C14H20ClN3/c1-18-13(9-4-2-3-5-10-16)17-12-8-6-7-11(15)14(12)18/h6-8H,2-5,9-10,16H2,1H3. The minimum atomic E-state index is 0.775. The first kappa shape index (κ1) is 13.4. The Bertz CT molecular complexity index is 519. The number of hydrogen-bond donors (Lipinski definition) is 1. The molecule has 0 spiro atoms. The monoisotopic (exact) mass is 265 g/mol. The van der Waals surface area contributed by atoms with Crippen LogP contribution in [0.5, 0.6) is 0 Å². The van der Waals surface area contributed by atoms with E-state index in [1.54, 1.807) is 0 Å². The second-order valence-electron chi connectivity index (χ2n) is 4.65. The van der Waals surface area contributed by atoms with Crippen molar-refractivity contribution in [3.05, 3.63) is 29.0 Å². The zero-order chi connectivity index (χ0) is 13.0. The molecule has 0 atom stereocenters. The van der Waals surface area contributed by atoms with E-state index in [0.29, 0.717) is 0 Å². The van der Waals surface area contributed by atoms with E-state index in [-0.39, 0.29) is 0 Å². The van der Waals surface area contributed by atoms with Crippen molar-refractivity contribution in [2.24, 2.45) is 12.8 Å². The SMILES string of the molecule is Cn1c(CCCCCCN)nc2cccc(Cl)c21. The quantitative estimate of drug-likeness (QED) is 0.815. The Morgan fingerprint density at radius 3 is 2.72 bits per heavy atom. The van der Waals surface area contributed by atoms with Crippen molar-refractivity contribution in [1.82, 2.24) is 9.55 Å². The van der Waals surface area contributed by atoms with Crippen LogP contribution in [0.2, 0.25) is 5.02 Å². The number of imidazole rings is 1. The molecule has 0 fully saturated rings. The summed E-state index contributed by atoms with van der Waals surface area (Å²) in [5, 5.41) is 0.775. The molecule has 2 N–H and O–H groups in total. The zero-order valence-corrected chi connectivity index (χ0v) is 11.6. The largest absolute Gasteiger partial charge is 0.330 e. The van der Waals surface area contributed by atoms with Crippen LogP contribution in [-0.4, -0.2) is 16.1 Å². The average molecular weight is 266 g/mol. The highest BCUT2D eigenvalue weighted by atomic mass is 35.5. The van der Waals surface area contributed by atoms with Gasteiger partial charge in [-0.2, -0.15) is 0 Å². The summed E-state index contributed by atoms with van der Waals surface area (Å²) in [6.07, 6.45) is 5.71. The molecule has 0 saturated carbocycles. The molecule has 1 aromatic carbocycles. The fourth-order valence-electron chi connectivity index (χ4n) is 2.27. The van der Waals surface area contributed by atoms with Gasteiger partial charge in [-0.15, -0.1) is 0 Å². The summed E-state index contributed by atoms with van der Waals surface area (Å²) < 4.78 is 2.11. The van der Waals surface area contributed by atoms with Gasteiger partial charge in [0.15, 0.2) is 0 Å². The van der Waals surface area contributed by atoms with Crippen molar-refractivity contribution in [2.45, 2.75) is 32.1 Å². The molecular formula is C14H20ClN3. The molecule has 18 heavy (non-hydrogen) atoms. The van der Waals surface area contributed by atoms with Crippen molar-refractivity contribution in [2.75, 3.05) is 6.54 Å². The summed E-state index contributed by atoms with van der Waals surface area (Å²) in [5.41, 5.74) is 7.51. The lowest BCUT2D eigenvalue weighted by Gasteiger charge is -2.03. The fraction of sp³-hybridized carbons (Fsp3) is 0.500. The molecule has 0 saturated heterocycles. The van der Waals surface area contributed by atoms with Crippen molar-refractivity contribution in [3.63, 3.8) is 0 Å². The lowest BCUT2D eigenvalue weighted by atomic mass is 10.1. The predicted molar refractivity (Wildman–Crippen MR) is 77.0 cm³/mol. The Kier molecular flexibility index (Phi) is 4.61. The molecule has 0 unspecified atom stereocenters. The van der Waals surface area contributed by atoms with Gasteiger partial charge in [-0.1, -0.05) is 30.5 Å². The van der Waals surface area contributed by atoms with E-state index >= 15 is 0 Å². The number of halogens is 1. The van der Waals surface area contributed by atoms with Gasteiger partial charge in [0, 0.05) is 13.5 Å². The van der Waals surface area contributed by atoms with E-state index < -0.39 is 0 Å². The number of rotatable bonds is 6. The summed E-state index contributed by atoms with van der Waals surface area (Å²) in [5.74, 6) is 1.12. The average Bonchev–Trinajstić information content (AvgIpc) is 2.68. The van der Waals surface area contributed by atoms with Crippen LogP contribution in [0.25, 0.3) is 11.0 Å². The van der Waals surface area contributed by atoms with Gasteiger partial charge in [-0.05, 0) is 31.5 Å². The lowest BCUT2D eigenvalue weighted by Crippen LogP contribution is -2.00. The zero-order valence-electron chi connectivity index (χ0n) is 10.8. The number of benzene rings is 1. The maximum Gasteiger partial charge on any atom is 0.109 e. The number of para-hydroxylation sites is 1. The normalized spacial score (nSPS) is 11.3. The van der Waals surface area contributed by atoms with Crippen LogP contribution in [-0.2, 0) is 13.5 Å². The third-order valence-corrected chi connectivity index (χ3v) is 3.60. The Balaban J connectivity index is 2.05. The Labute approximate surface area is 113 Å². The van der Waals surface area contributed by atoms with Crippen LogP contribution in [0.15, 0.2) is 18.2 Å². The maximum atomic E-state index is 6.20. The molecule has 2 rings (SSSR count). The van der Waals surface area contributed by atoms with E-state index in [2.05, 4.69) is 9.55 Å². The van der Waals surface area contributed by atoms with Crippen LogP contribution >= 0.6 is 11.6 Å².